The molecule has 1 aliphatic heterocycles. The zero-order valence-corrected chi connectivity index (χ0v) is 16.4. The van der Waals surface area contributed by atoms with Crippen molar-refractivity contribution < 1.29 is 23.9 Å². The molecule has 0 radical (unpaired) electrons. The quantitative estimate of drug-likeness (QED) is 0.801. The van der Waals surface area contributed by atoms with Crippen LogP contribution in [0.15, 0.2) is 42.5 Å². The summed E-state index contributed by atoms with van der Waals surface area (Å²) in [7, 11) is 0. The van der Waals surface area contributed by atoms with E-state index in [9.17, 15) is 14.4 Å². The van der Waals surface area contributed by atoms with E-state index in [1.54, 1.807) is 56.3 Å². The van der Waals surface area contributed by atoms with Crippen LogP contribution in [0.4, 0.5) is 5.69 Å². The lowest BCUT2D eigenvalue weighted by atomic mass is 9.92. The number of amides is 1. The predicted molar refractivity (Wildman–Crippen MR) is 105 cm³/mol. The Hall–Kier alpha value is -3.15. The Balaban J connectivity index is 1.73. The molecule has 0 unspecified atom stereocenters. The van der Waals surface area contributed by atoms with Gasteiger partial charge in [-0.05, 0) is 70.2 Å². The maximum Gasteiger partial charge on any atom is 0.338 e. The van der Waals surface area contributed by atoms with Crippen LogP contribution in [0, 0.1) is 0 Å². The Morgan fingerprint density at radius 1 is 1.07 bits per heavy atom. The highest BCUT2D eigenvalue weighted by atomic mass is 16.5. The Morgan fingerprint density at radius 3 is 2.36 bits per heavy atom. The molecule has 0 aromatic heterocycles. The topological polar surface area (TPSA) is 81.7 Å². The van der Waals surface area contributed by atoms with Crippen LogP contribution in [0.25, 0.3) is 0 Å². The van der Waals surface area contributed by atoms with E-state index in [0.717, 1.165) is 0 Å². The normalized spacial score (nSPS) is 14.8. The molecule has 0 atom stereocenters. The number of hydrogen-bond donors (Lipinski definition) is 1. The van der Waals surface area contributed by atoms with Gasteiger partial charge in [0.25, 0.3) is 5.91 Å². The molecule has 2 aromatic carbocycles. The minimum absolute atomic E-state index is 0.0473. The zero-order valence-electron chi connectivity index (χ0n) is 16.4. The second-order valence-electron chi connectivity index (χ2n) is 7.66. The van der Waals surface area contributed by atoms with Crippen LogP contribution in [0.3, 0.4) is 0 Å². The fourth-order valence-electron chi connectivity index (χ4n) is 2.97. The molecule has 6 nitrogen and oxygen atoms in total. The van der Waals surface area contributed by atoms with Gasteiger partial charge in [-0.3, -0.25) is 9.59 Å². The number of ketones is 1. The average Bonchev–Trinajstić information content (AvgIpc) is 2.60. The first-order chi connectivity index (χ1) is 13.1. The fourth-order valence-corrected chi connectivity index (χ4v) is 2.97. The molecule has 6 heteroatoms. The molecule has 1 N–H and O–H groups in total. The summed E-state index contributed by atoms with van der Waals surface area (Å²) in [4.78, 5) is 36.8. The standard InChI is InChI=1S/C22H23NO5/c1-13(2)27-21(26)14-5-8-16(9-6-14)23-20(25)15-7-10-19-17(11-15)18(24)12-22(3,4)28-19/h5-11,13H,12H2,1-4H3,(H,23,25). The summed E-state index contributed by atoms with van der Waals surface area (Å²) >= 11 is 0. The van der Waals surface area contributed by atoms with Gasteiger partial charge in [-0.15, -0.1) is 0 Å². The molecule has 0 fully saturated rings. The van der Waals surface area contributed by atoms with Gasteiger partial charge in [0.15, 0.2) is 5.78 Å². The highest BCUT2D eigenvalue weighted by molar-refractivity contribution is 6.08. The molecule has 1 amide bonds. The van der Waals surface area contributed by atoms with Gasteiger partial charge >= 0.3 is 5.97 Å². The van der Waals surface area contributed by atoms with E-state index in [1.165, 1.54) is 0 Å². The molecule has 0 aliphatic carbocycles. The Bertz CT molecular complexity index is 928. The molecular weight excluding hydrogens is 358 g/mol. The van der Waals surface area contributed by atoms with Crippen LogP contribution in [0.5, 0.6) is 5.75 Å². The number of benzene rings is 2. The first-order valence-corrected chi connectivity index (χ1v) is 9.13. The number of ether oxygens (including phenoxy) is 2. The van der Waals surface area contributed by atoms with Gasteiger partial charge in [0.1, 0.15) is 11.4 Å². The SMILES string of the molecule is CC(C)OC(=O)c1ccc(NC(=O)c2ccc3c(c2)C(=O)CC(C)(C)O3)cc1. The van der Waals surface area contributed by atoms with Gasteiger partial charge < -0.3 is 14.8 Å². The minimum atomic E-state index is -0.549. The summed E-state index contributed by atoms with van der Waals surface area (Å²) < 4.78 is 10.9. The van der Waals surface area contributed by atoms with Gasteiger partial charge in [0.05, 0.1) is 23.7 Å². The third-order valence-corrected chi connectivity index (χ3v) is 4.24. The molecule has 1 aliphatic rings. The number of Topliss-reactive ketones (excluding diaryl/α,β-unsaturated/α-hetero) is 1. The van der Waals surface area contributed by atoms with Crippen molar-refractivity contribution >= 4 is 23.3 Å². The van der Waals surface area contributed by atoms with Crippen molar-refractivity contribution in [3.8, 4) is 5.75 Å². The molecule has 146 valence electrons. The Morgan fingerprint density at radius 2 is 1.71 bits per heavy atom. The molecular formula is C22H23NO5. The largest absolute Gasteiger partial charge is 0.487 e. The summed E-state index contributed by atoms with van der Waals surface area (Å²) in [6.07, 6.45) is 0.0621. The van der Waals surface area contributed by atoms with Crippen molar-refractivity contribution in [3.05, 3.63) is 59.2 Å². The van der Waals surface area contributed by atoms with Gasteiger partial charge in [-0.2, -0.15) is 0 Å². The van der Waals surface area contributed by atoms with Crippen LogP contribution in [-0.4, -0.2) is 29.4 Å². The summed E-state index contributed by atoms with van der Waals surface area (Å²) in [5.74, 6) is -0.318. The fraction of sp³-hybridized carbons (Fsp3) is 0.318. The number of carbonyl (C=O) groups is 3. The molecule has 0 spiro atoms. The summed E-state index contributed by atoms with van der Waals surface area (Å²) in [5, 5.41) is 2.76. The van der Waals surface area contributed by atoms with Gasteiger partial charge in [0.2, 0.25) is 0 Å². The molecule has 2 aromatic rings. The molecule has 0 bridgehead atoms. The van der Waals surface area contributed by atoms with Gasteiger partial charge in [-0.25, -0.2) is 4.79 Å². The maximum absolute atomic E-state index is 12.5. The maximum atomic E-state index is 12.5. The molecule has 1 heterocycles. The van der Waals surface area contributed by atoms with Crippen molar-refractivity contribution in [1.82, 2.24) is 0 Å². The van der Waals surface area contributed by atoms with Crippen LogP contribution >= 0.6 is 0 Å². The Kier molecular flexibility index (Phi) is 5.23. The van der Waals surface area contributed by atoms with Crippen LogP contribution < -0.4 is 10.1 Å². The monoisotopic (exact) mass is 381 g/mol. The number of fused-ring (bicyclic) bond motifs is 1. The third kappa shape index (κ3) is 4.39. The number of hydrogen-bond acceptors (Lipinski definition) is 5. The second kappa shape index (κ2) is 7.46. The smallest absolute Gasteiger partial charge is 0.338 e. The van der Waals surface area contributed by atoms with Crippen LogP contribution in [0.1, 0.15) is 65.2 Å². The van der Waals surface area contributed by atoms with Crippen molar-refractivity contribution in [3.63, 3.8) is 0 Å². The van der Waals surface area contributed by atoms with Crippen LogP contribution in [-0.2, 0) is 4.74 Å². The third-order valence-electron chi connectivity index (χ3n) is 4.24. The number of carbonyl (C=O) groups excluding carboxylic acids is 3. The highest BCUT2D eigenvalue weighted by Gasteiger charge is 2.32. The molecule has 0 saturated heterocycles. The highest BCUT2D eigenvalue weighted by Crippen LogP contribution is 2.33. The van der Waals surface area contributed by atoms with Crippen molar-refractivity contribution in [2.75, 3.05) is 5.32 Å². The minimum Gasteiger partial charge on any atom is -0.487 e. The summed E-state index contributed by atoms with van der Waals surface area (Å²) in [5.41, 5.74) is 1.17. The molecule has 3 rings (SSSR count). The van der Waals surface area contributed by atoms with Gasteiger partial charge in [0, 0.05) is 11.3 Å². The van der Waals surface area contributed by atoms with Crippen molar-refractivity contribution in [2.24, 2.45) is 0 Å². The van der Waals surface area contributed by atoms with E-state index in [1.807, 2.05) is 13.8 Å². The van der Waals surface area contributed by atoms with E-state index >= 15 is 0 Å². The number of anilines is 1. The summed E-state index contributed by atoms with van der Waals surface area (Å²) in [6, 6.07) is 11.3. The number of nitrogens with one attached hydrogen (secondary N) is 1. The van der Waals surface area contributed by atoms with Crippen LogP contribution in [0.2, 0.25) is 0 Å². The second-order valence-corrected chi connectivity index (χ2v) is 7.66. The van der Waals surface area contributed by atoms with E-state index in [4.69, 9.17) is 9.47 Å². The zero-order chi connectivity index (χ0) is 20.5. The predicted octanol–water partition coefficient (Wildman–Crippen LogP) is 4.25. The molecule has 28 heavy (non-hydrogen) atoms. The number of rotatable bonds is 4. The first-order valence-electron chi connectivity index (χ1n) is 9.13. The van der Waals surface area contributed by atoms with E-state index in [-0.39, 0.29) is 24.2 Å². The van der Waals surface area contributed by atoms with Crippen molar-refractivity contribution in [2.45, 2.75) is 45.8 Å². The van der Waals surface area contributed by atoms with Crippen molar-refractivity contribution in [1.29, 1.82) is 0 Å². The summed E-state index contributed by atoms with van der Waals surface area (Å²) in [6.45, 7) is 7.27. The Labute approximate surface area is 163 Å². The van der Waals surface area contributed by atoms with E-state index in [2.05, 4.69) is 5.32 Å². The lowest BCUT2D eigenvalue weighted by Gasteiger charge is -2.31. The van der Waals surface area contributed by atoms with E-state index < -0.39 is 11.6 Å². The number of esters is 1. The lowest BCUT2D eigenvalue weighted by Crippen LogP contribution is -2.36. The average molecular weight is 381 g/mol. The lowest BCUT2D eigenvalue weighted by molar-refractivity contribution is 0.0377. The van der Waals surface area contributed by atoms with Gasteiger partial charge in [-0.1, -0.05) is 0 Å². The first kappa shape index (κ1) is 19.6. The molecule has 0 saturated carbocycles. The van der Waals surface area contributed by atoms with E-state index in [0.29, 0.717) is 28.1 Å².